The van der Waals surface area contributed by atoms with Crippen LogP contribution in [0.2, 0.25) is 5.02 Å². The summed E-state index contributed by atoms with van der Waals surface area (Å²) in [5.74, 6) is 1.33. The number of oxime groups is 1. The molecule has 1 atom stereocenters. The van der Waals surface area contributed by atoms with Crippen LogP contribution in [-0.4, -0.2) is 28.1 Å². The lowest BCUT2D eigenvalue weighted by Crippen LogP contribution is -2.32. The molecular formula is C14H20ClN3OS. The van der Waals surface area contributed by atoms with Crippen LogP contribution in [0, 0.1) is 0 Å². The summed E-state index contributed by atoms with van der Waals surface area (Å²) in [5, 5.41) is 15.7. The van der Waals surface area contributed by atoms with Crippen LogP contribution in [-0.2, 0) is 6.54 Å². The summed E-state index contributed by atoms with van der Waals surface area (Å²) >= 11 is 8.26. The van der Waals surface area contributed by atoms with E-state index in [4.69, 9.17) is 22.5 Å². The molecule has 1 aromatic rings. The minimum Gasteiger partial charge on any atom is -0.409 e. The maximum Gasteiger partial charge on any atom is 0.170 e. The topological polar surface area (TPSA) is 70.6 Å². The molecule has 0 aliphatic carbocycles. The van der Waals surface area contributed by atoms with E-state index < -0.39 is 0 Å². The van der Waals surface area contributed by atoms with Gasteiger partial charge in [0.05, 0.1) is 0 Å². The van der Waals surface area contributed by atoms with Crippen LogP contribution in [0.25, 0.3) is 0 Å². The Kier molecular flexibility index (Phi) is 5.18. The Morgan fingerprint density at radius 1 is 1.60 bits per heavy atom. The van der Waals surface area contributed by atoms with E-state index in [0.29, 0.717) is 15.3 Å². The van der Waals surface area contributed by atoms with Crippen molar-refractivity contribution in [3.8, 4) is 0 Å². The second-order valence-corrected chi connectivity index (χ2v) is 7.39. The first-order chi connectivity index (χ1) is 9.54. The molecule has 1 unspecified atom stereocenters. The fraction of sp³-hybridized carbons (Fsp3) is 0.500. The smallest absolute Gasteiger partial charge is 0.170 e. The van der Waals surface area contributed by atoms with Crippen molar-refractivity contribution >= 4 is 29.2 Å². The van der Waals surface area contributed by atoms with Gasteiger partial charge in [0, 0.05) is 28.4 Å². The average molecular weight is 314 g/mol. The van der Waals surface area contributed by atoms with E-state index in [2.05, 4.69) is 17.4 Å². The number of halogens is 1. The summed E-state index contributed by atoms with van der Waals surface area (Å²) in [7, 11) is 0. The van der Waals surface area contributed by atoms with Crippen LogP contribution >= 0.6 is 23.4 Å². The van der Waals surface area contributed by atoms with E-state index in [1.165, 1.54) is 18.6 Å². The van der Waals surface area contributed by atoms with Gasteiger partial charge in [0.2, 0.25) is 0 Å². The molecule has 6 heteroatoms. The first-order valence-corrected chi connectivity index (χ1v) is 8.01. The maximum absolute atomic E-state index is 8.64. The number of hydrogen-bond acceptors (Lipinski definition) is 4. The zero-order chi connectivity index (χ0) is 14.6. The highest BCUT2D eigenvalue weighted by Crippen LogP contribution is 2.37. The van der Waals surface area contributed by atoms with E-state index in [-0.39, 0.29) is 5.84 Å². The Labute approximate surface area is 128 Å². The largest absolute Gasteiger partial charge is 0.409 e. The molecule has 4 N–H and O–H groups in total. The van der Waals surface area contributed by atoms with Crippen molar-refractivity contribution in [3.63, 3.8) is 0 Å². The average Bonchev–Trinajstić information content (AvgIpc) is 2.86. The van der Waals surface area contributed by atoms with E-state index in [9.17, 15) is 0 Å². The first kappa shape index (κ1) is 15.5. The molecule has 1 heterocycles. The Morgan fingerprint density at radius 3 is 3.00 bits per heavy atom. The molecule has 20 heavy (non-hydrogen) atoms. The van der Waals surface area contributed by atoms with Gasteiger partial charge >= 0.3 is 0 Å². The Balaban J connectivity index is 1.93. The number of nitrogens with two attached hydrogens (primary N) is 1. The second kappa shape index (κ2) is 6.70. The summed E-state index contributed by atoms with van der Waals surface area (Å²) in [6.07, 6.45) is 2.57. The highest BCUT2D eigenvalue weighted by molar-refractivity contribution is 8.00. The molecule has 110 valence electrons. The molecule has 0 aromatic heterocycles. The van der Waals surface area contributed by atoms with Crippen molar-refractivity contribution in [3.05, 3.63) is 34.3 Å². The number of benzene rings is 1. The van der Waals surface area contributed by atoms with Gasteiger partial charge in [-0.15, -0.1) is 0 Å². The van der Waals surface area contributed by atoms with Gasteiger partial charge in [0.1, 0.15) is 0 Å². The van der Waals surface area contributed by atoms with Gasteiger partial charge in [-0.1, -0.05) is 28.9 Å². The number of nitrogens with zero attached hydrogens (tertiary/aromatic N) is 1. The molecule has 4 nitrogen and oxygen atoms in total. The predicted molar refractivity (Wildman–Crippen MR) is 85.8 cm³/mol. The highest BCUT2D eigenvalue weighted by atomic mass is 35.5. The lowest BCUT2D eigenvalue weighted by atomic mass is 10.1. The highest BCUT2D eigenvalue weighted by Gasteiger charge is 2.28. The van der Waals surface area contributed by atoms with Crippen LogP contribution in [0.1, 0.15) is 30.9 Å². The Morgan fingerprint density at radius 2 is 2.40 bits per heavy atom. The molecule has 0 spiro atoms. The van der Waals surface area contributed by atoms with Gasteiger partial charge in [-0.25, -0.2) is 0 Å². The third-order valence-electron chi connectivity index (χ3n) is 3.57. The van der Waals surface area contributed by atoms with Gasteiger partial charge in [0.15, 0.2) is 5.84 Å². The lowest BCUT2D eigenvalue weighted by molar-refractivity contribution is 0.318. The van der Waals surface area contributed by atoms with E-state index in [0.717, 1.165) is 18.7 Å². The number of nitrogens with one attached hydrogen (secondary N) is 1. The fourth-order valence-corrected chi connectivity index (χ4v) is 3.87. The zero-order valence-electron chi connectivity index (χ0n) is 11.5. The molecule has 0 amide bonds. The third-order valence-corrected chi connectivity index (χ3v) is 5.46. The van der Waals surface area contributed by atoms with Crippen molar-refractivity contribution in [2.45, 2.75) is 31.1 Å². The molecule has 0 bridgehead atoms. The normalized spacial score (nSPS) is 23.2. The minimum absolute atomic E-state index is 0.0706. The summed E-state index contributed by atoms with van der Waals surface area (Å²) in [6, 6.07) is 5.44. The van der Waals surface area contributed by atoms with Crippen molar-refractivity contribution in [2.24, 2.45) is 10.9 Å². The van der Waals surface area contributed by atoms with Gasteiger partial charge < -0.3 is 16.3 Å². The molecule has 1 aliphatic heterocycles. The Hall–Kier alpha value is -0.910. The standard InChI is InChI=1S/C14H20ClN3OS/c1-14(5-2-6-20-14)9-17-8-11-4-3-10(7-12(11)15)13(16)18-19/h3-4,7,17,19H,2,5-6,8-9H2,1H3,(H2,16,18). The van der Waals surface area contributed by atoms with Crippen LogP contribution in [0.15, 0.2) is 23.4 Å². The quantitative estimate of drug-likeness (QED) is 0.338. The van der Waals surface area contributed by atoms with Crippen molar-refractivity contribution < 1.29 is 5.21 Å². The van der Waals surface area contributed by atoms with Crippen molar-refractivity contribution in [2.75, 3.05) is 12.3 Å². The molecular weight excluding hydrogens is 294 g/mol. The SMILES string of the molecule is CC1(CNCc2ccc(/C(N)=N/O)cc2Cl)CCCS1. The molecule has 1 aliphatic rings. The molecule has 0 saturated carbocycles. The van der Waals surface area contributed by atoms with E-state index in [1.54, 1.807) is 6.07 Å². The van der Waals surface area contributed by atoms with E-state index >= 15 is 0 Å². The van der Waals surface area contributed by atoms with Crippen LogP contribution in [0.4, 0.5) is 0 Å². The summed E-state index contributed by atoms with van der Waals surface area (Å²) in [6.45, 7) is 4.02. The van der Waals surface area contributed by atoms with E-state index in [1.807, 2.05) is 23.9 Å². The van der Waals surface area contributed by atoms with Crippen LogP contribution in [0.3, 0.4) is 0 Å². The number of thioether (sulfide) groups is 1. The second-order valence-electron chi connectivity index (χ2n) is 5.30. The number of rotatable bonds is 5. The molecule has 1 aromatic carbocycles. The number of amidine groups is 1. The van der Waals surface area contributed by atoms with Gasteiger partial charge in [-0.3, -0.25) is 0 Å². The number of hydrogen-bond donors (Lipinski definition) is 3. The van der Waals surface area contributed by atoms with Crippen LogP contribution < -0.4 is 11.1 Å². The van der Waals surface area contributed by atoms with Gasteiger partial charge in [0.25, 0.3) is 0 Å². The van der Waals surface area contributed by atoms with Crippen molar-refractivity contribution in [1.29, 1.82) is 0 Å². The van der Waals surface area contributed by atoms with Gasteiger partial charge in [-0.2, -0.15) is 11.8 Å². The molecule has 1 fully saturated rings. The summed E-state index contributed by atoms with van der Waals surface area (Å²) in [4.78, 5) is 0. The van der Waals surface area contributed by atoms with Gasteiger partial charge in [-0.05, 0) is 37.1 Å². The molecule has 0 radical (unpaired) electrons. The Bertz CT molecular complexity index is 501. The molecule has 2 rings (SSSR count). The minimum atomic E-state index is 0.0706. The zero-order valence-corrected chi connectivity index (χ0v) is 13.1. The molecule has 1 saturated heterocycles. The predicted octanol–water partition coefficient (Wildman–Crippen LogP) is 2.81. The monoisotopic (exact) mass is 313 g/mol. The fourth-order valence-electron chi connectivity index (χ4n) is 2.35. The first-order valence-electron chi connectivity index (χ1n) is 6.65. The van der Waals surface area contributed by atoms with Crippen molar-refractivity contribution in [1.82, 2.24) is 5.32 Å². The summed E-state index contributed by atoms with van der Waals surface area (Å²) < 4.78 is 0.348. The lowest BCUT2D eigenvalue weighted by Gasteiger charge is -2.23. The van der Waals surface area contributed by atoms with Crippen LogP contribution in [0.5, 0.6) is 0 Å². The maximum atomic E-state index is 8.64. The summed E-state index contributed by atoms with van der Waals surface area (Å²) in [5.41, 5.74) is 7.18. The third kappa shape index (κ3) is 3.81.